The lowest BCUT2D eigenvalue weighted by Crippen LogP contribution is -2.21. The number of nitriles is 1. The zero-order valence-corrected chi connectivity index (χ0v) is 16.0. The molecule has 136 valence electrons. The maximum Gasteiger partial charge on any atom is 0.244 e. The topological polar surface area (TPSA) is 96.9 Å². The fraction of sp³-hybridized carbons (Fsp3) is 0.200. The zero-order chi connectivity index (χ0) is 19.1. The van der Waals surface area contributed by atoms with E-state index in [1.165, 1.54) is 9.75 Å². The molecule has 3 aromatic rings. The number of aromatic amines is 1. The SMILES string of the molecule is COc1cccc([C@H]2C(C#N)=C(N)Oc3n[nH]c(-c4cc(C)sc4C)c32)c1. The van der Waals surface area contributed by atoms with Crippen molar-refractivity contribution in [3.05, 3.63) is 62.7 Å². The van der Waals surface area contributed by atoms with Crippen LogP contribution >= 0.6 is 11.3 Å². The quantitative estimate of drug-likeness (QED) is 0.718. The molecule has 1 aromatic carbocycles. The molecule has 0 fully saturated rings. The predicted molar refractivity (Wildman–Crippen MR) is 104 cm³/mol. The molecule has 0 saturated heterocycles. The minimum Gasteiger partial charge on any atom is -0.497 e. The summed E-state index contributed by atoms with van der Waals surface area (Å²) < 4.78 is 11.0. The Bertz CT molecular complexity index is 1100. The van der Waals surface area contributed by atoms with Crippen LogP contribution in [0.5, 0.6) is 11.6 Å². The highest BCUT2D eigenvalue weighted by Crippen LogP contribution is 2.47. The van der Waals surface area contributed by atoms with Gasteiger partial charge in [-0.05, 0) is 37.6 Å². The lowest BCUT2D eigenvalue weighted by Gasteiger charge is -2.24. The van der Waals surface area contributed by atoms with Crippen LogP contribution in [0.25, 0.3) is 11.3 Å². The number of aromatic nitrogens is 2. The van der Waals surface area contributed by atoms with Gasteiger partial charge in [-0.1, -0.05) is 12.1 Å². The van der Waals surface area contributed by atoms with E-state index >= 15 is 0 Å². The molecule has 1 aliphatic heterocycles. The fourth-order valence-corrected chi connectivity index (χ4v) is 4.41. The van der Waals surface area contributed by atoms with Gasteiger partial charge in [-0.2, -0.15) is 5.26 Å². The molecule has 4 rings (SSSR count). The zero-order valence-electron chi connectivity index (χ0n) is 15.2. The van der Waals surface area contributed by atoms with Crippen LogP contribution in [0.3, 0.4) is 0 Å². The molecular weight excluding hydrogens is 360 g/mol. The Balaban J connectivity index is 1.97. The first-order valence-electron chi connectivity index (χ1n) is 8.40. The second-order valence-electron chi connectivity index (χ2n) is 6.35. The molecular formula is C20H18N4O2S. The van der Waals surface area contributed by atoms with Crippen molar-refractivity contribution in [3.63, 3.8) is 0 Å². The van der Waals surface area contributed by atoms with Crippen molar-refractivity contribution in [2.24, 2.45) is 5.73 Å². The third-order valence-corrected chi connectivity index (χ3v) is 5.64. The highest BCUT2D eigenvalue weighted by atomic mass is 32.1. The Morgan fingerprint density at radius 2 is 2.15 bits per heavy atom. The number of nitrogens with zero attached hydrogens (tertiary/aromatic N) is 2. The molecule has 6 nitrogen and oxygen atoms in total. The van der Waals surface area contributed by atoms with E-state index in [1.807, 2.05) is 24.3 Å². The Morgan fingerprint density at radius 3 is 2.81 bits per heavy atom. The average molecular weight is 378 g/mol. The molecule has 0 saturated carbocycles. The lowest BCUT2D eigenvalue weighted by molar-refractivity contribution is 0.378. The van der Waals surface area contributed by atoms with Crippen LogP contribution in [0.1, 0.15) is 26.8 Å². The Morgan fingerprint density at radius 1 is 1.33 bits per heavy atom. The van der Waals surface area contributed by atoms with E-state index in [1.54, 1.807) is 18.4 Å². The smallest absolute Gasteiger partial charge is 0.244 e. The number of fused-ring (bicyclic) bond motifs is 1. The summed E-state index contributed by atoms with van der Waals surface area (Å²) in [5, 5.41) is 17.2. The molecule has 0 aliphatic carbocycles. The summed E-state index contributed by atoms with van der Waals surface area (Å²) in [7, 11) is 1.62. The summed E-state index contributed by atoms with van der Waals surface area (Å²) in [4.78, 5) is 2.38. The van der Waals surface area contributed by atoms with Crippen LogP contribution in [0.4, 0.5) is 0 Å². The minimum absolute atomic E-state index is 0.0779. The van der Waals surface area contributed by atoms with E-state index in [-0.39, 0.29) is 11.8 Å². The molecule has 27 heavy (non-hydrogen) atoms. The molecule has 0 unspecified atom stereocenters. The summed E-state index contributed by atoms with van der Waals surface area (Å²) in [6, 6.07) is 12.0. The van der Waals surface area contributed by atoms with Gasteiger partial charge in [-0.3, -0.25) is 5.10 Å². The van der Waals surface area contributed by atoms with E-state index in [0.717, 1.165) is 22.4 Å². The summed E-state index contributed by atoms with van der Waals surface area (Å²) in [5.41, 5.74) is 10.0. The second-order valence-corrected chi connectivity index (χ2v) is 7.81. The highest BCUT2D eigenvalue weighted by Gasteiger charge is 2.36. The highest BCUT2D eigenvalue weighted by molar-refractivity contribution is 7.12. The van der Waals surface area contributed by atoms with Crippen molar-refractivity contribution in [2.75, 3.05) is 7.11 Å². The van der Waals surface area contributed by atoms with E-state index in [2.05, 4.69) is 36.2 Å². The summed E-state index contributed by atoms with van der Waals surface area (Å²) >= 11 is 1.72. The van der Waals surface area contributed by atoms with Gasteiger partial charge in [-0.25, -0.2) is 0 Å². The van der Waals surface area contributed by atoms with Gasteiger partial charge >= 0.3 is 0 Å². The number of H-pyrrole nitrogens is 1. The second kappa shape index (κ2) is 6.49. The van der Waals surface area contributed by atoms with Gasteiger partial charge in [0.2, 0.25) is 11.8 Å². The number of thiophene rings is 1. The number of methoxy groups -OCH3 is 1. The van der Waals surface area contributed by atoms with E-state index in [0.29, 0.717) is 17.2 Å². The molecule has 3 heterocycles. The number of nitrogens with two attached hydrogens (primary N) is 1. The first-order valence-corrected chi connectivity index (χ1v) is 9.22. The lowest BCUT2D eigenvalue weighted by atomic mass is 9.83. The van der Waals surface area contributed by atoms with Crippen molar-refractivity contribution in [1.29, 1.82) is 5.26 Å². The van der Waals surface area contributed by atoms with Crippen LogP contribution in [0.15, 0.2) is 41.8 Å². The molecule has 1 aliphatic rings. The maximum atomic E-state index is 9.78. The van der Waals surface area contributed by atoms with Gasteiger partial charge in [0.15, 0.2) is 0 Å². The van der Waals surface area contributed by atoms with Gasteiger partial charge in [0.25, 0.3) is 0 Å². The molecule has 3 N–H and O–H groups in total. The number of nitrogens with one attached hydrogen (secondary N) is 1. The normalized spacial score (nSPS) is 15.9. The monoisotopic (exact) mass is 378 g/mol. The van der Waals surface area contributed by atoms with Gasteiger partial charge in [0, 0.05) is 15.3 Å². The third-order valence-electron chi connectivity index (χ3n) is 4.68. The number of aryl methyl sites for hydroxylation is 2. The molecule has 2 aromatic heterocycles. The van der Waals surface area contributed by atoms with Crippen molar-refractivity contribution >= 4 is 11.3 Å². The van der Waals surface area contributed by atoms with E-state index < -0.39 is 0 Å². The number of rotatable bonds is 3. The number of ether oxygens (including phenoxy) is 2. The summed E-state index contributed by atoms with van der Waals surface area (Å²) in [5.74, 6) is 0.804. The van der Waals surface area contributed by atoms with Crippen LogP contribution in [-0.2, 0) is 0 Å². The van der Waals surface area contributed by atoms with E-state index in [9.17, 15) is 5.26 Å². The number of hydrogen-bond acceptors (Lipinski definition) is 6. The molecule has 0 radical (unpaired) electrons. The number of benzene rings is 1. The van der Waals surface area contributed by atoms with Crippen LogP contribution in [-0.4, -0.2) is 17.3 Å². The minimum atomic E-state index is -0.387. The Hall–Kier alpha value is -3.24. The third kappa shape index (κ3) is 2.75. The largest absolute Gasteiger partial charge is 0.497 e. The first kappa shape index (κ1) is 17.2. The standard InChI is InChI=1S/C20H18N4O2S/c1-10-7-14(11(2)27-10)18-17-16(12-5-4-6-13(8-12)25-3)15(9-21)19(22)26-20(17)24-23-18/h4-8,16H,22H2,1-3H3,(H,23,24)/t16-/m0/s1. The van der Waals surface area contributed by atoms with Crippen molar-refractivity contribution < 1.29 is 9.47 Å². The van der Waals surface area contributed by atoms with Gasteiger partial charge in [0.1, 0.15) is 17.4 Å². The number of hydrogen-bond donors (Lipinski definition) is 2. The Labute approximate surface area is 160 Å². The van der Waals surface area contributed by atoms with Crippen molar-refractivity contribution in [3.8, 4) is 29.0 Å². The van der Waals surface area contributed by atoms with E-state index in [4.69, 9.17) is 15.2 Å². The van der Waals surface area contributed by atoms with Gasteiger partial charge in [0.05, 0.1) is 24.3 Å². The fourth-order valence-electron chi connectivity index (χ4n) is 3.48. The summed E-state index contributed by atoms with van der Waals surface area (Å²) in [6.07, 6.45) is 0. The summed E-state index contributed by atoms with van der Waals surface area (Å²) in [6.45, 7) is 4.14. The van der Waals surface area contributed by atoms with Crippen molar-refractivity contribution in [2.45, 2.75) is 19.8 Å². The number of allylic oxidation sites excluding steroid dienone is 1. The maximum absolute atomic E-state index is 9.78. The Kier molecular flexibility index (Phi) is 4.13. The van der Waals surface area contributed by atoms with Gasteiger partial charge < -0.3 is 15.2 Å². The molecule has 0 spiro atoms. The predicted octanol–water partition coefficient (Wildman–Crippen LogP) is 3.98. The molecule has 7 heteroatoms. The molecule has 1 atom stereocenters. The van der Waals surface area contributed by atoms with Crippen molar-refractivity contribution in [1.82, 2.24) is 10.2 Å². The van der Waals surface area contributed by atoms with Crippen LogP contribution in [0, 0.1) is 25.2 Å². The van der Waals surface area contributed by atoms with Gasteiger partial charge in [-0.15, -0.1) is 16.4 Å². The average Bonchev–Trinajstić information content (AvgIpc) is 3.22. The molecule has 0 amide bonds. The first-order chi connectivity index (χ1) is 13.0. The van der Waals surface area contributed by atoms with Crippen LogP contribution < -0.4 is 15.2 Å². The van der Waals surface area contributed by atoms with Crippen LogP contribution in [0.2, 0.25) is 0 Å². The molecule has 0 bridgehead atoms.